The van der Waals surface area contributed by atoms with Crippen molar-refractivity contribution in [1.29, 1.82) is 0 Å². The average molecular weight is 362 g/mol. The predicted molar refractivity (Wildman–Crippen MR) is 98.7 cm³/mol. The number of halogens is 1. The zero-order valence-corrected chi connectivity index (χ0v) is 15.4. The van der Waals surface area contributed by atoms with Crippen molar-refractivity contribution in [2.45, 2.75) is 19.9 Å². The van der Waals surface area contributed by atoms with E-state index in [-0.39, 0.29) is 17.8 Å². The molecule has 25 heavy (non-hydrogen) atoms. The second kappa shape index (κ2) is 7.93. The zero-order chi connectivity index (χ0) is 17.8. The number of hydrogen-bond acceptors (Lipinski definition) is 5. The molecule has 1 fully saturated rings. The molecule has 0 spiro atoms. The predicted octanol–water partition coefficient (Wildman–Crippen LogP) is 2.92. The van der Waals surface area contributed by atoms with Crippen LogP contribution in [-0.2, 0) is 0 Å². The molecule has 3 rings (SSSR count). The van der Waals surface area contributed by atoms with Crippen LogP contribution < -0.4 is 10.2 Å². The molecule has 0 radical (unpaired) electrons. The van der Waals surface area contributed by atoms with Crippen LogP contribution in [0.2, 0.25) is 0 Å². The standard InChI is InChI=1S/C18H23FN4OS/c1-3-22-6-8-23(9-7-22)17-5-4-14(19)10-15(17)13(2)21-18(24)16-11-25-12-20-16/h4-5,10-13H,3,6-9H2,1-2H3,(H,21,24). The van der Waals surface area contributed by atoms with Crippen molar-refractivity contribution in [1.82, 2.24) is 15.2 Å². The summed E-state index contributed by atoms with van der Waals surface area (Å²) in [5, 5.41) is 4.63. The maximum Gasteiger partial charge on any atom is 0.271 e. The number of nitrogens with one attached hydrogen (secondary N) is 1. The van der Waals surface area contributed by atoms with Crippen molar-refractivity contribution in [2.75, 3.05) is 37.6 Å². The number of likely N-dealkylation sites (N-methyl/N-ethyl adjacent to an activating group) is 1. The van der Waals surface area contributed by atoms with E-state index < -0.39 is 0 Å². The quantitative estimate of drug-likeness (QED) is 0.889. The van der Waals surface area contributed by atoms with Crippen LogP contribution in [0.4, 0.5) is 10.1 Å². The lowest BCUT2D eigenvalue weighted by Gasteiger charge is -2.37. The molecule has 1 amide bonds. The summed E-state index contributed by atoms with van der Waals surface area (Å²) in [6.07, 6.45) is 0. The third-order valence-corrected chi connectivity index (χ3v) is 5.22. The highest BCUT2D eigenvalue weighted by Gasteiger charge is 2.22. The largest absolute Gasteiger partial charge is 0.369 e. The van der Waals surface area contributed by atoms with Crippen LogP contribution in [0.5, 0.6) is 0 Å². The molecule has 7 heteroatoms. The Balaban J connectivity index is 1.78. The second-order valence-electron chi connectivity index (χ2n) is 6.19. The van der Waals surface area contributed by atoms with Crippen LogP contribution in [0.25, 0.3) is 0 Å². The van der Waals surface area contributed by atoms with E-state index in [0.29, 0.717) is 5.69 Å². The number of carbonyl (C=O) groups excluding carboxylic acids is 1. The average Bonchev–Trinajstić information content (AvgIpc) is 3.16. The number of amides is 1. The maximum absolute atomic E-state index is 13.9. The number of anilines is 1. The first-order chi connectivity index (χ1) is 12.1. The maximum atomic E-state index is 13.9. The van der Waals surface area contributed by atoms with Gasteiger partial charge in [0.2, 0.25) is 0 Å². The van der Waals surface area contributed by atoms with E-state index in [1.807, 2.05) is 13.0 Å². The Bertz CT molecular complexity index is 714. The molecule has 0 saturated carbocycles. The van der Waals surface area contributed by atoms with E-state index in [9.17, 15) is 9.18 Å². The van der Waals surface area contributed by atoms with Crippen molar-refractivity contribution in [2.24, 2.45) is 0 Å². The van der Waals surface area contributed by atoms with E-state index in [2.05, 4.69) is 27.0 Å². The zero-order valence-electron chi connectivity index (χ0n) is 14.5. The fraction of sp³-hybridized carbons (Fsp3) is 0.444. The molecule has 1 aliphatic heterocycles. The summed E-state index contributed by atoms with van der Waals surface area (Å²) >= 11 is 1.38. The summed E-state index contributed by atoms with van der Waals surface area (Å²) < 4.78 is 13.9. The lowest BCUT2D eigenvalue weighted by molar-refractivity contribution is 0.0935. The lowest BCUT2D eigenvalue weighted by atomic mass is 10.0. The summed E-state index contributed by atoms with van der Waals surface area (Å²) in [6.45, 7) is 8.88. The fourth-order valence-electron chi connectivity index (χ4n) is 3.14. The summed E-state index contributed by atoms with van der Waals surface area (Å²) in [5.41, 5.74) is 3.81. The molecule has 2 heterocycles. The molecule has 1 saturated heterocycles. The van der Waals surface area contributed by atoms with Gasteiger partial charge in [-0.3, -0.25) is 4.79 Å². The molecule has 134 valence electrons. The van der Waals surface area contributed by atoms with E-state index in [4.69, 9.17) is 0 Å². The highest BCUT2D eigenvalue weighted by molar-refractivity contribution is 7.07. The van der Waals surface area contributed by atoms with Gasteiger partial charge in [0.1, 0.15) is 11.5 Å². The Labute approximate surface area is 151 Å². The number of aromatic nitrogens is 1. The Morgan fingerprint density at radius 2 is 2.12 bits per heavy atom. The molecule has 2 aromatic rings. The van der Waals surface area contributed by atoms with E-state index in [1.54, 1.807) is 10.9 Å². The van der Waals surface area contributed by atoms with Crippen LogP contribution in [0.15, 0.2) is 29.1 Å². The number of piperazine rings is 1. The first kappa shape index (κ1) is 17.8. The molecule has 0 aliphatic carbocycles. The second-order valence-corrected chi connectivity index (χ2v) is 6.91. The van der Waals surface area contributed by atoms with Crippen molar-refractivity contribution in [3.63, 3.8) is 0 Å². The molecule has 1 aromatic heterocycles. The highest BCUT2D eigenvalue weighted by Crippen LogP contribution is 2.28. The van der Waals surface area contributed by atoms with Gasteiger partial charge in [-0.2, -0.15) is 0 Å². The summed E-state index contributed by atoms with van der Waals surface area (Å²) in [7, 11) is 0. The SMILES string of the molecule is CCN1CCN(c2ccc(F)cc2C(C)NC(=O)c2cscn2)CC1. The van der Waals surface area contributed by atoms with Crippen LogP contribution in [0.3, 0.4) is 0 Å². The Hall–Kier alpha value is -1.99. The Morgan fingerprint density at radius 3 is 2.76 bits per heavy atom. The third kappa shape index (κ3) is 4.16. The van der Waals surface area contributed by atoms with E-state index in [0.717, 1.165) is 44.0 Å². The number of nitrogens with zero attached hydrogens (tertiary/aromatic N) is 3. The molecule has 5 nitrogen and oxygen atoms in total. The Kier molecular flexibility index (Phi) is 5.65. The van der Waals surface area contributed by atoms with Crippen molar-refractivity contribution >= 4 is 22.9 Å². The molecule has 1 aromatic carbocycles. The summed E-state index contributed by atoms with van der Waals surface area (Å²) in [5.74, 6) is -0.527. The van der Waals surface area contributed by atoms with Gasteiger partial charge in [0, 0.05) is 42.8 Å². The summed E-state index contributed by atoms with van der Waals surface area (Å²) in [6, 6.07) is 4.52. The molecule has 1 aliphatic rings. The number of carbonyl (C=O) groups is 1. The van der Waals surface area contributed by atoms with Gasteiger partial charge in [-0.1, -0.05) is 6.92 Å². The minimum atomic E-state index is -0.302. The monoisotopic (exact) mass is 362 g/mol. The van der Waals surface area contributed by atoms with Crippen molar-refractivity contribution < 1.29 is 9.18 Å². The molecular weight excluding hydrogens is 339 g/mol. The number of benzene rings is 1. The van der Waals surface area contributed by atoms with Gasteiger partial charge in [-0.15, -0.1) is 11.3 Å². The van der Waals surface area contributed by atoms with Crippen LogP contribution in [0.1, 0.15) is 35.9 Å². The number of rotatable bonds is 5. The molecular formula is C18H23FN4OS. The van der Waals surface area contributed by atoms with Gasteiger partial charge in [-0.25, -0.2) is 9.37 Å². The van der Waals surface area contributed by atoms with Gasteiger partial charge >= 0.3 is 0 Å². The summed E-state index contributed by atoms with van der Waals surface area (Å²) in [4.78, 5) is 21.0. The van der Waals surface area contributed by atoms with Crippen molar-refractivity contribution in [3.05, 3.63) is 46.2 Å². The van der Waals surface area contributed by atoms with Gasteiger partial charge in [0.05, 0.1) is 11.6 Å². The third-order valence-electron chi connectivity index (χ3n) is 4.63. The van der Waals surface area contributed by atoms with Crippen LogP contribution in [0, 0.1) is 5.82 Å². The van der Waals surface area contributed by atoms with Gasteiger partial charge in [0.25, 0.3) is 5.91 Å². The van der Waals surface area contributed by atoms with Gasteiger partial charge in [-0.05, 0) is 31.7 Å². The topological polar surface area (TPSA) is 48.5 Å². The normalized spacial score (nSPS) is 16.7. The van der Waals surface area contributed by atoms with Gasteiger partial charge < -0.3 is 15.1 Å². The molecule has 1 atom stereocenters. The fourth-order valence-corrected chi connectivity index (χ4v) is 3.67. The number of thiazole rings is 1. The minimum absolute atomic E-state index is 0.236. The van der Waals surface area contributed by atoms with E-state index >= 15 is 0 Å². The lowest BCUT2D eigenvalue weighted by Crippen LogP contribution is -2.46. The number of hydrogen-bond donors (Lipinski definition) is 1. The smallest absolute Gasteiger partial charge is 0.271 e. The minimum Gasteiger partial charge on any atom is -0.369 e. The first-order valence-electron chi connectivity index (χ1n) is 8.54. The highest BCUT2D eigenvalue weighted by atomic mass is 32.1. The van der Waals surface area contributed by atoms with Gasteiger partial charge in [0.15, 0.2) is 0 Å². The van der Waals surface area contributed by atoms with Crippen LogP contribution in [-0.4, -0.2) is 48.5 Å². The van der Waals surface area contributed by atoms with Crippen LogP contribution >= 0.6 is 11.3 Å². The molecule has 1 N–H and O–H groups in total. The first-order valence-corrected chi connectivity index (χ1v) is 9.48. The van der Waals surface area contributed by atoms with E-state index in [1.165, 1.54) is 23.5 Å². The molecule has 0 bridgehead atoms. The Morgan fingerprint density at radius 1 is 1.36 bits per heavy atom. The van der Waals surface area contributed by atoms with Crippen molar-refractivity contribution in [3.8, 4) is 0 Å². The molecule has 1 unspecified atom stereocenters.